The van der Waals surface area contributed by atoms with Gasteiger partial charge in [-0.25, -0.2) is 14.6 Å². The fraction of sp³-hybridized carbons (Fsp3) is 0.400. The molecule has 2 aromatic rings. The van der Waals surface area contributed by atoms with Gasteiger partial charge < -0.3 is 14.7 Å². The number of imidazole rings is 2. The fourth-order valence-electron chi connectivity index (χ4n) is 3.72. The summed E-state index contributed by atoms with van der Waals surface area (Å²) in [5, 5.41) is 12.8. The molecule has 2 aliphatic heterocycles. The quantitative estimate of drug-likeness (QED) is 0.340. The minimum atomic E-state index is -0.507. The summed E-state index contributed by atoms with van der Waals surface area (Å²) in [6, 6.07) is 7.40. The van der Waals surface area contributed by atoms with Crippen LogP contribution in [0.25, 0.3) is 22.6 Å². The van der Waals surface area contributed by atoms with Crippen molar-refractivity contribution < 1.29 is 5.11 Å². The number of rotatable bonds is 8. The summed E-state index contributed by atoms with van der Waals surface area (Å²) in [6.45, 7) is 3.05. The first-order chi connectivity index (χ1) is 14.5. The van der Waals surface area contributed by atoms with Gasteiger partial charge >= 0.3 is 11.4 Å². The number of unbranched alkanes of at least 4 members (excludes halogenated alkanes) is 2. The lowest BCUT2D eigenvalue weighted by Crippen LogP contribution is -2.35. The van der Waals surface area contributed by atoms with Gasteiger partial charge in [0.1, 0.15) is 5.69 Å². The van der Waals surface area contributed by atoms with Crippen LogP contribution in [0.4, 0.5) is 0 Å². The van der Waals surface area contributed by atoms with E-state index in [0.717, 1.165) is 30.3 Å². The van der Waals surface area contributed by atoms with Crippen molar-refractivity contribution in [2.75, 3.05) is 0 Å². The third-order valence-corrected chi connectivity index (χ3v) is 5.38. The second-order valence-corrected chi connectivity index (χ2v) is 7.55. The Morgan fingerprint density at radius 2 is 1.73 bits per heavy atom. The molecule has 0 atom stereocenters. The Morgan fingerprint density at radius 3 is 2.53 bits per heavy atom. The number of fused-ring (bicyclic) bond motifs is 2. The Kier molecular flexibility index (Phi) is 5.63. The van der Waals surface area contributed by atoms with Crippen molar-refractivity contribution in [3.8, 4) is 17.4 Å². The number of nitrogens with zero attached hydrogens (tertiary/aromatic N) is 5. The van der Waals surface area contributed by atoms with Crippen LogP contribution in [0.2, 0.25) is 5.28 Å². The summed E-state index contributed by atoms with van der Waals surface area (Å²) >= 11 is 5.91. The summed E-state index contributed by atoms with van der Waals surface area (Å²) < 4.78 is 4.25. The molecule has 9 nitrogen and oxygen atoms in total. The first-order valence-electron chi connectivity index (χ1n) is 10.0. The standard InChI is InChI=1S/C20H23ClN6O3/c1-2-3-6-10-26-16-15(23-18(21)24-16)17(28)27(20(26)30)12-7-11-25-14-9-5-4-8-13(14)22-19(25)29/h4-5,8-9,28H,2-3,6-7,10-12H2,1H3,(H,22,29)/p-1. The summed E-state index contributed by atoms with van der Waals surface area (Å²) in [7, 11) is 0. The van der Waals surface area contributed by atoms with Crippen LogP contribution in [0.5, 0.6) is 5.88 Å². The van der Waals surface area contributed by atoms with E-state index in [-0.39, 0.29) is 29.0 Å². The Morgan fingerprint density at radius 1 is 1.00 bits per heavy atom. The molecule has 0 unspecified atom stereocenters. The maximum absolute atomic E-state index is 13.0. The maximum atomic E-state index is 13.0. The molecule has 0 spiro atoms. The number of hydrogen-bond donors (Lipinski definition) is 1. The van der Waals surface area contributed by atoms with Crippen molar-refractivity contribution in [2.45, 2.75) is 52.2 Å². The zero-order valence-corrected chi connectivity index (χ0v) is 17.4. The predicted octanol–water partition coefficient (Wildman–Crippen LogP) is 2.20. The molecule has 0 saturated carbocycles. The van der Waals surface area contributed by atoms with Gasteiger partial charge in [0, 0.05) is 19.6 Å². The van der Waals surface area contributed by atoms with E-state index in [1.54, 1.807) is 4.57 Å². The Balaban J connectivity index is 1.63. The van der Waals surface area contributed by atoms with Crippen LogP contribution in [-0.2, 0) is 19.6 Å². The highest BCUT2D eigenvalue weighted by molar-refractivity contribution is 6.28. The van der Waals surface area contributed by atoms with Crippen LogP contribution < -0.4 is 16.5 Å². The predicted molar refractivity (Wildman–Crippen MR) is 112 cm³/mol. The molecule has 0 radical (unpaired) electrons. The molecule has 2 aliphatic rings. The lowest BCUT2D eigenvalue weighted by atomic mass is 10.2. The maximum Gasteiger partial charge on any atom is 0.329 e. The van der Waals surface area contributed by atoms with Crippen molar-refractivity contribution >= 4 is 22.6 Å². The first-order valence-corrected chi connectivity index (χ1v) is 10.4. The number of benzene rings is 1. The fourth-order valence-corrected chi connectivity index (χ4v) is 3.89. The molecular weight excluding hydrogens is 408 g/mol. The van der Waals surface area contributed by atoms with Gasteiger partial charge in [-0.2, -0.15) is 4.98 Å². The Hall–Kier alpha value is -3.07. The summed E-state index contributed by atoms with van der Waals surface area (Å²) in [5.41, 5.74) is 0.994. The molecule has 3 heterocycles. The van der Waals surface area contributed by atoms with Crippen molar-refractivity contribution in [1.82, 2.24) is 28.7 Å². The van der Waals surface area contributed by atoms with E-state index in [4.69, 9.17) is 11.6 Å². The van der Waals surface area contributed by atoms with Crippen LogP contribution in [0.3, 0.4) is 0 Å². The zero-order chi connectivity index (χ0) is 21.3. The van der Waals surface area contributed by atoms with Gasteiger partial charge in [0.15, 0.2) is 5.82 Å². The monoisotopic (exact) mass is 429 g/mol. The van der Waals surface area contributed by atoms with Crippen LogP contribution in [0.1, 0.15) is 32.6 Å². The number of halogens is 1. The number of nitrogens with one attached hydrogen (secondary N) is 1. The molecule has 0 fully saturated rings. The molecule has 30 heavy (non-hydrogen) atoms. The Labute approximate surface area is 176 Å². The van der Waals surface area contributed by atoms with E-state index in [9.17, 15) is 14.7 Å². The second-order valence-electron chi connectivity index (χ2n) is 7.22. The van der Waals surface area contributed by atoms with E-state index >= 15 is 0 Å². The second kappa shape index (κ2) is 8.35. The molecule has 1 aromatic carbocycles. The van der Waals surface area contributed by atoms with Gasteiger partial charge in [-0.3, -0.25) is 9.13 Å². The van der Waals surface area contributed by atoms with E-state index in [2.05, 4.69) is 21.9 Å². The lowest BCUT2D eigenvalue weighted by molar-refractivity contribution is -0.279. The van der Waals surface area contributed by atoms with E-state index in [1.165, 1.54) is 9.13 Å². The molecule has 0 aliphatic carbocycles. The summed E-state index contributed by atoms with van der Waals surface area (Å²) in [4.78, 5) is 36.1. The summed E-state index contributed by atoms with van der Waals surface area (Å²) in [6.07, 6.45) is 3.18. The van der Waals surface area contributed by atoms with Gasteiger partial charge in [-0.15, -0.1) is 0 Å². The SMILES string of the molecule is CCCCCn1c2nc(Cl)nc-2c([O-])n(CCCn2c(=O)[nH]c3ccccc32)c1=O. The molecular formula is C20H22ClN6O3-. The molecule has 1 aromatic heterocycles. The van der Waals surface area contributed by atoms with Gasteiger partial charge in [0.05, 0.1) is 11.0 Å². The molecule has 0 amide bonds. The molecule has 4 rings (SSSR count). The third-order valence-electron chi connectivity index (χ3n) is 5.21. The number of hydrogen-bond acceptors (Lipinski definition) is 5. The number of para-hydroxylation sites is 2. The van der Waals surface area contributed by atoms with Crippen molar-refractivity contribution in [3.05, 3.63) is 50.5 Å². The van der Waals surface area contributed by atoms with Crippen molar-refractivity contribution in [3.63, 3.8) is 0 Å². The highest BCUT2D eigenvalue weighted by atomic mass is 35.5. The minimum absolute atomic E-state index is 0.0474. The van der Waals surface area contributed by atoms with Crippen LogP contribution >= 0.6 is 11.6 Å². The van der Waals surface area contributed by atoms with Crippen LogP contribution in [0, 0.1) is 0 Å². The number of H-pyrrole nitrogens is 1. The smallest absolute Gasteiger partial charge is 0.329 e. The van der Waals surface area contributed by atoms with Crippen molar-refractivity contribution in [1.29, 1.82) is 0 Å². The van der Waals surface area contributed by atoms with Gasteiger partial charge in [-0.05, 0) is 42.5 Å². The molecule has 158 valence electrons. The van der Waals surface area contributed by atoms with Crippen LogP contribution in [0.15, 0.2) is 33.9 Å². The number of aromatic amines is 1. The first kappa shape index (κ1) is 20.2. The largest absolute Gasteiger partial charge is 0.858 e. The highest BCUT2D eigenvalue weighted by Gasteiger charge is 2.20. The normalized spacial score (nSPS) is 11.7. The molecule has 10 heteroatoms. The third kappa shape index (κ3) is 3.60. The molecule has 0 saturated heterocycles. The average Bonchev–Trinajstić information content (AvgIpc) is 3.27. The molecule has 1 N–H and O–H groups in total. The topological polar surface area (TPSA) is 114 Å². The molecule has 0 bridgehead atoms. The van der Waals surface area contributed by atoms with Crippen LogP contribution in [-0.4, -0.2) is 28.7 Å². The lowest BCUT2D eigenvalue weighted by Gasteiger charge is -2.22. The number of aryl methyl sites for hydroxylation is 1. The van der Waals surface area contributed by atoms with E-state index in [0.29, 0.717) is 19.5 Å². The Bertz CT molecular complexity index is 1270. The zero-order valence-electron chi connectivity index (χ0n) is 16.6. The highest BCUT2D eigenvalue weighted by Crippen LogP contribution is 2.27. The van der Waals surface area contributed by atoms with Gasteiger partial charge in [0.2, 0.25) is 5.28 Å². The average molecular weight is 430 g/mol. The van der Waals surface area contributed by atoms with E-state index in [1.807, 2.05) is 24.3 Å². The number of aromatic nitrogens is 6. The minimum Gasteiger partial charge on any atom is -0.858 e. The van der Waals surface area contributed by atoms with Gasteiger partial charge in [0.25, 0.3) is 0 Å². The van der Waals surface area contributed by atoms with Gasteiger partial charge in [-0.1, -0.05) is 31.9 Å². The van der Waals surface area contributed by atoms with E-state index < -0.39 is 11.6 Å². The summed E-state index contributed by atoms with van der Waals surface area (Å²) in [5.74, 6) is -0.275. The van der Waals surface area contributed by atoms with Crippen molar-refractivity contribution in [2.24, 2.45) is 0 Å².